The average molecular weight is 422 g/mol. The lowest BCUT2D eigenvalue weighted by atomic mass is 10.1. The summed E-state index contributed by atoms with van der Waals surface area (Å²) in [6.07, 6.45) is 1.17. The van der Waals surface area contributed by atoms with E-state index >= 15 is 0 Å². The van der Waals surface area contributed by atoms with E-state index in [2.05, 4.69) is 4.90 Å². The maximum Gasteiger partial charge on any atom is 0.238 e. The number of carbonyl (C=O) groups excluding carboxylic acids is 1. The second kappa shape index (κ2) is 9.05. The number of hydrogen-bond acceptors (Lipinski definition) is 4. The third-order valence-electron chi connectivity index (χ3n) is 4.87. The van der Waals surface area contributed by atoms with Gasteiger partial charge in [-0.15, -0.1) is 0 Å². The molecule has 1 heterocycles. The lowest BCUT2D eigenvalue weighted by Crippen LogP contribution is -2.36. The van der Waals surface area contributed by atoms with Crippen molar-refractivity contribution >= 4 is 27.5 Å². The number of halogens is 1. The fraction of sp³-hybridized carbons (Fsp3) is 0.350. The van der Waals surface area contributed by atoms with Crippen molar-refractivity contribution < 1.29 is 13.2 Å². The van der Waals surface area contributed by atoms with Crippen molar-refractivity contribution in [1.29, 1.82) is 0 Å². The SMILES string of the molecule is NS(=O)(=O)c1ccc(CC(=O)N2CCCN(Cc3ccc(Cl)cc3)CC2)cc1. The normalized spacial score (nSPS) is 16.0. The molecule has 150 valence electrons. The summed E-state index contributed by atoms with van der Waals surface area (Å²) < 4.78 is 22.6. The number of benzene rings is 2. The molecule has 6 nitrogen and oxygen atoms in total. The number of nitrogens with zero attached hydrogens (tertiary/aromatic N) is 2. The standard InChI is InChI=1S/C20H24ClN3O3S/c21-18-6-2-17(3-7-18)15-23-10-1-11-24(13-12-23)20(25)14-16-4-8-19(9-5-16)28(22,26)27/h2-9H,1,10-15H2,(H2,22,26,27). The molecule has 1 saturated heterocycles. The topological polar surface area (TPSA) is 83.7 Å². The highest BCUT2D eigenvalue weighted by Gasteiger charge is 2.19. The molecule has 1 amide bonds. The first-order valence-electron chi connectivity index (χ1n) is 9.17. The Morgan fingerprint density at radius 3 is 2.21 bits per heavy atom. The summed E-state index contributed by atoms with van der Waals surface area (Å²) in [7, 11) is -3.72. The molecule has 8 heteroatoms. The van der Waals surface area contributed by atoms with Crippen LogP contribution in [0, 0.1) is 0 Å². The Hall–Kier alpha value is -1.93. The third kappa shape index (κ3) is 5.78. The molecule has 2 aromatic carbocycles. The summed E-state index contributed by atoms with van der Waals surface area (Å²) >= 11 is 5.94. The van der Waals surface area contributed by atoms with Crippen LogP contribution in [0.3, 0.4) is 0 Å². The molecule has 0 radical (unpaired) electrons. The van der Waals surface area contributed by atoms with Gasteiger partial charge in [-0.2, -0.15) is 0 Å². The van der Waals surface area contributed by atoms with Crippen molar-refractivity contribution in [3.05, 3.63) is 64.7 Å². The van der Waals surface area contributed by atoms with E-state index in [1.54, 1.807) is 12.1 Å². The van der Waals surface area contributed by atoms with Crippen molar-refractivity contribution in [2.75, 3.05) is 26.2 Å². The van der Waals surface area contributed by atoms with Gasteiger partial charge >= 0.3 is 0 Å². The Morgan fingerprint density at radius 1 is 0.929 bits per heavy atom. The van der Waals surface area contributed by atoms with E-state index in [9.17, 15) is 13.2 Å². The van der Waals surface area contributed by atoms with Gasteiger partial charge < -0.3 is 4.90 Å². The highest BCUT2D eigenvalue weighted by molar-refractivity contribution is 7.89. The highest BCUT2D eigenvalue weighted by Crippen LogP contribution is 2.14. The van der Waals surface area contributed by atoms with E-state index in [0.29, 0.717) is 6.54 Å². The van der Waals surface area contributed by atoms with Crippen molar-refractivity contribution in [3.8, 4) is 0 Å². The average Bonchev–Trinajstić information content (AvgIpc) is 2.89. The Balaban J connectivity index is 1.54. The molecule has 1 aliphatic rings. The maximum absolute atomic E-state index is 12.7. The molecular weight excluding hydrogens is 398 g/mol. The van der Waals surface area contributed by atoms with Gasteiger partial charge in [0.1, 0.15) is 0 Å². The van der Waals surface area contributed by atoms with Gasteiger partial charge in [0.15, 0.2) is 0 Å². The zero-order valence-corrected chi connectivity index (χ0v) is 17.1. The van der Waals surface area contributed by atoms with Gasteiger partial charge in [0, 0.05) is 37.7 Å². The van der Waals surface area contributed by atoms with Crippen molar-refractivity contribution in [2.45, 2.75) is 24.3 Å². The number of amides is 1. The molecule has 0 saturated carbocycles. The summed E-state index contributed by atoms with van der Waals surface area (Å²) in [4.78, 5) is 16.9. The lowest BCUT2D eigenvalue weighted by Gasteiger charge is -2.22. The van der Waals surface area contributed by atoms with Gasteiger partial charge in [0.25, 0.3) is 0 Å². The monoisotopic (exact) mass is 421 g/mol. The fourth-order valence-corrected chi connectivity index (χ4v) is 3.95. The van der Waals surface area contributed by atoms with Gasteiger partial charge in [0.2, 0.25) is 15.9 Å². The summed E-state index contributed by atoms with van der Waals surface area (Å²) in [6.45, 7) is 4.01. The van der Waals surface area contributed by atoms with E-state index < -0.39 is 10.0 Å². The predicted molar refractivity (Wildman–Crippen MR) is 109 cm³/mol. The van der Waals surface area contributed by atoms with Crippen LogP contribution in [0.2, 0.25) is 5.02 Å². The van der Waals surface area contributed by atoms with Crippen LogP contribution in [0.15, 0.2) is 53.4 Å². The molecule has 1 aliphatic heterocycles. The Bertz CT molecular complexity index is 915. The van der Waals surface area contributed by atoms with E-state index in [4.69, 9.17) is 16.7 Å². The van der Waals surface area contributed by atoms with Crippen molar-refractivity contribution in [3.63, 3.8) is 0 Å². The van der Waals surface area contributed by atoms with Gasteiger partial charge in [-0.3, -0.25) is 9.69 Å². The molecule has 0 spiro atoms. The van der Waals surface area contributed by atoms with Crippen LogP contribution in [-0.4, -0.2) is 50.3 Å². The second-order valence-corrected chi connectivity index (χ2v) is 9.00. The minimum Gasteiger partial charge on any atom is -0.341 e. The van der Waals surface area contributed by atoms with Gasteiger partial charge in [-0.1, -0.05) is 35.9 Å². The number of carbonyl (C=O) groups is 1. The zero-order valence-electron chi connectivity index (χ0n) is 15.6. The Morgan fingerprint density at radius 2 is 1.57 bits per heavy atom. The molecule has 0 aromatic heterocycles. The molecule has 1 fully saturated rings. The van der Waals surface area contributed by atoms with Crippen molar-refractivity contribution in [2.24, 2.45) is 5.14 Å². The quantitative estimate of drug-likeness (QED) is 0.802. The fourth-order valence-electron chi connectivity index (χ4n) is 3.31. The van der Waals surface area contributed by atoms with Gasteiger partial charge in [0.05, 0.1) is 11.3 Å². The number of hydrogen-bond donors (Lipinski definition) is 1. The third-order valence-corrected chi connectivity index (χ3v) is 6.05. The van der Waals surface area contributed by atoms with E-state index in [1.807, 2.05) is 29.2 Å². The molecular formula is C20H24ClN3O3S. The van der Waals surface area contributed by atoms with Crippen LogP contribution >= 0.6 is 11.6 Å². The lowest BCUT2D eigenvalue weighted by molar-refractivity contribution is -0.130. The smallest absolute Gasteiger partial charge is 0.238 e. The molecule has 0 atom stereocenters. The molecule has 0 aliphatic carbocycles. The van der Waals surface area contributed by atoms with Gasteiger partial charge in [-0.25, -0.2) is 13.6 Å². The maximum atomic E-state index is 12.7. The minimum absolute atomic E-state index is 0.0521. The predicted octanol–water partition coefficient (Wildman–Crippen LogP) is 2.26. The summed E-state index contributed by atoms with van der Waals surface area (Å²) in [5, 5.41) is 5.83. The van der Waals surface area contributed by atoms with Crippen LogP contribution in [0.25, 0.3) is 0 Å². The summed E-state index contributed by atoms with van der Waals surface area (Å²) in [5.41, 5.74) is 1.98. The number of primary sulfonamides is 1. The van der Waals surface area contributed by atoms with Crippen LogP contribution in [0.5, 0.6) is 0 Å². The first kappa shape index (κ1) is 20.8. The van der Waals surface area contributed by atoms with E-state index in [1.165, 1.54) is 17.7 Å². The first-order valence-corrected chi connectivity index (χ1v) is 11.1. The number of sulfonamides is 1. The van der Waals surface area contributed by atoms with E-state index in [-0.39, 0.29) is 17.2 Å². The molecule has 0 bridgehead atoms. The largest absolute Gasteiger partial charge is 0.341 e. The van der Waals surface area contributed by atoms with E-state index in [0.717, 1.165) is 43.2 Å². The van der Waals surface area contributed by atoms with Crippen LogP contribution in [0.1, 0.15) is 17.5 Å². The molecule has 2 N–H and O–H groups in total. The van der Waals surface area contributed by atoms with Crippen LogP contribution in [0.4, 0.5) is 0 Å². The minimum atomic E-state index is -3.72. The second-order valence-electron chi connectivity index (χ2n) is 7.00. The molecule has 2 aromatic rings. The Labute approximate surface area is 170 Å². The Kier molecular flexibility index (Phi) is 6.72. The molecule has 0 unspecified atom stereocenters. The van der Waals surface area contributed by atoms with Crippen LogP contribution < -0.4 is 5.14 Å². The molecule has 28 heavy (non-hydrogen) atoms. The first-order chi connectivity index (χ1) is 13.3. The van der Waals surface area contributed by atoms with Gasteiger partial charge in [-0.05, 0) is 41.8 Å². The number of rotatable bonds is 5. The number of nitrogens with two attached hydrogens (primary N) is 1. The summed E-state index contributed by atoms with van der Waals surface area (Å²) in [6, 6.07) is 14.0. The summed E-state index contributed by atoms with van der Waals surface area (Å²) in [5.74, 6) is 0.0525. The molecule has 3 rings (SSSR count). The van der Waals surface area contributed by atoms with Crippen LogP contribution in [-0.2, 0) is 27.8 Å². The zero-order chi connectivity index (χ0) is 20.1. The van der Waals surface area contributed by atoms with Crippen molar-refractivity contribution in [1.82, 2.24) is 9.80 Å². The highest BCUT2D eigenvalue weighted by atomic mass is 35.5.